The molecule has 0 aliphatic carbocycles. The van der Waals surface area contributed by atoms with Crippen LogP contribution < -0.4 is 4.74 Å². The molecule has 0 saturated carbocycles. The fourth-order valence-electron chi connectivity index (χ4n) is 2.48. The van der Waals surface area contributed by atoms with Gasteiger partial charge < -0.3 is 9.84 Å². The Balaban J connectivity index is 1.95. The molecule has 0 fully saturated rings. The first kappa shape index (κ1) is 15.7. The lowest BCUT2D eigenvalue weighted by atomic mass is 10.1. The Bertz CT molecular complexity index is 934. The van der Waals surface area contributed by atoms with Crippen molar-refractivity contribution in [3.63, 3.8) is 0 Å². The van der Waals surface area contributed by atoms with E-state index in [0.717, 1.165) is 16.5 Å². The molecule has 5 nitrogen and oxygen atoms in total. The zero-order chi connectivity index (χ0) is 17.1. The van der Waals surface area contributed by atoms with Gasteiger partial charge in [0.25, 0.3) is 0 Å². The standard InChI is InChI=1S/C19H15NO4/c1-12-6-7-13-9-15(10-21)18(20-17(13)8-12)24-11-14-4-2-3-5-16(14)19(22)23/h2-10H,11H2,1H3,(H,22,23). The summed E-state index contributed by atoms with van der Waals surface area (Å²) in [4.78, 5) is 26.9. The highest BCUT2D eigenvalue weighted by Gasteiger charge is 2.12. The lowest BCUT2D eigenvalue weighted by molar-refractivity contribution is 0.0693. The Kier molecular flexibility index (Phi) is 4.24. The number of aromatic nitrogens is 1. The highest BCUT2D eigenvalue weighted by molar-refractivity contribution is 5.90. The van der Waals surface area contributed by atoms with E-state index in [-0.39, 0.29) is 18.1 Å². The van der Waals surface area contributed by atoms with E-state index in [2.05, 4.69) is 4.98 Å². The highest BCUT2D eigenvalue weighted by atomic mass is 16.5. The van der Waals surface area contributed by atoms with Gasteiger partial charge in [-0.05, 0) is 30.7 Å². The number of aldehydes is 1. The predicted octanol–water partition coefficient (Wildman–Crippen LogP) is 3.63. The minimum Gasteiger partial charge on any atom is -0.478 e. The maximum atomic E-state index is 11.3. The van der Waals surface area contributed by atoms with Crippen molar-refractivity contribution in [2.24, 2.45) is 0 Å². The van der Waals surface area contributed by atoms with Gasteiger partial charge in [0.05, 0.1) is 16.6 Å². The molecule has 3 rings (SSSR count). The summed E-state index contributed by atoms with van der Waals surface area (Å²) in [5.74, 6) is -0.824. The molecule has 1 heterocycles. The second-order valence-corrected chi connectivity index (χ2v) is 5.45. The molecule has 2 aromatic carbocycles. The predicted molar refractivity (Wildman–Crippen MR) is 89.6 cm³/mol. The van der Waals surface area contributed by atoms with Crippen molar-refractivity contribution < 1.29 is 19.4 Å². The zero-order valence-electron chi connectivity index (χ0n) is 13.0. The fourth-order valence-corrected chi connectivity index (χ4v) is 2.48. The second-order valence-electron chi connectivity index (χ2n) is 5.45. The number of carbonyl (C=O) groups excluding carboxylic acids is 1. The molecule has 0 spiro atoms. The van der Waals surface area contributed by atoms with Gasteiger partial charge in [-0.3, -0.25) is 4.79 Å². The molecule has 24 heavy (non-hydrogen) atoms. The van der Waals surface area contributed by atoms with E-state index in [4.69, 9.17) is 4.74 Å². The van der Waals surface area contributed by atoms with Crippen LogP contribution >= 0.6 is 0 Å². The molecule has 1 N–H and O–H groups in total. The zero-order valence-corrected chi connectivity index (χ0v) is 13.0. The number of nitrogens with zero attached hydrogens (tertiary/aromatic N) is 1. The Hall–Kier alpha value is -3.21. The van der Waals surface area contributed by atoms with E-state index < -0.39 is 5.97 Å². The van der Waals surface area contributed by atoms with Gasteiger partial charge in [-0.1, -0.05) is 30.3 Å². The van der Waals surface area contributed by atoms with Crippen molar-refractivity contribution >= 4 is 23.2 Å². The van der Waals surface area contributed by atoms with E-state index >= 15 is 0 Å². The third-order valence-electron chi connectivity index (χ3n) is 3.71. The average molecular weight is 321 g/mol. The van der Waals surface area contributed by atoms with Crippen molar-refractivity contribution in [2.45, 2.75) is 13.5 Å². The number of fused-ring (bicyclic) bond motifs is 1. The summed E-state index contributed by atoms with van der Waals surface area (Å²) < 4.78 is 5.65. The second kappa shape index (κ2) is 6.50. The molecule has 3 aromatic rings. The number of benzene rings is 2. The number of pyridine rings is 1. The first-order chi connectivity index (χ1) is 11.6. The summed E-state index contributed by atoms with van der Waals surface area (Å²) >= 11 is 0. The third-order valence-corrected chi connectivity index (χ3v) is 3.71. The summed E-state index contributed by atoms with van der Waals surface area (Å²) in [5, 5.41) is 10.1. The van der Waals surface area contributed by atoms with Gasteiger partial charge in [0.15, 0.2) is 6.29 Å². The number of carboxylic acid groups (broad SMARTS) is 1. The fraction of sp³-hybridized carbons (Fsp3) is 0.105. The summed E-state index contributed by atoms with van der Waals surface area (Å²) in [6.45, 7) is 1.98. The van der Waals surface area contributed by atoms with E-state index in [1.807, 2.05) is 25.1 Å². The van der Waals surface area contributed by atoms with E-state index in [1.54, 1.807) is 24.3 Å². The number of ether oxygens (including phenoxy) is 1. The maximum Gasteiger partial charge on any atom is 0.336 e. The molecule has 5 heteroatoms. The SMILES string of the molecule is Cc1ccc2cc(C=O)c(OCc3ccccc3C(=O)O)nc2c1. The van der Waals surface area contributed by atoms with Crippen LogP contribution in [0.15, 0.2) is 48.5 Å². The van der Waals surface area contributed by atoms with Crippen molar-refractivity contribution in [2.75, 3.05) is 0 Å². The van der Waals surface area contributed by atoms with E-state index in [0.29, 0.717) is 17.4 Å². The minimum atomic E-state index is -1.02. The molecule has 0 saturated heterocycles. The molecule has 0 bridgehead atoms. The lowest BCUT2D eigenvalue weighted by Crippen LogP contribution is -2.07. The van der Waals surface area contributed by atoms with Crippen LogP contribution in [0, 0.1) is 6.92 Å². The monoisotopic (exact) mass is 321 g/mol. The minimum absolute atomic E-state index is 0.0215. The van der Waals surface area contributed by atoms with Crippen LogP contribution in [0.4, 0.5) is 0 Å². The van der Waals surface area contributed by atoms with Crippen molar-refractivity contribution in [1.82, 2.24) is 4.98 Å². The molecule has 0 aliphatic rings. The van der Waals surface area contributed by atoms with Gasteiger partial charge in [0.2, 0.25) is 5.88 Å². The lowest BCUT2D eigenvalue weighted by Gasteiger charge is -2.11. The Morgan fingerprint density at radius 2 is 2.00 bits per heavy atom. The van der Waals surface area contributed by atoms with Crippen molar-refractivity contribution in [1.29, 1.82) is 0 Å². The Morgan fingerprint density at radius 3 is 2.75 bits per heavy atom. The number of carbonyl (C=O) groups is 2. The number of carboxylic acids is 1. The summed E-state index contributed by atoms with van der Waals surface area (Å²) in [6, 6.07) is 14.0. The van der Waals surface area contributed by atoms with Crippen molar-refractivity contribution in [3.05, 3.63) is 70.8 Å². The topological polar surface area (TPSA) is 76.5 Å². The summed E-state index contributed by atoms with van der Waals surface area (Å²) in [5.41, 5.74) is 2.80. The first-order valence-corrected chi connectivity index (χ1v) is 7.39. The Labute approximate surface area is 138 Å². The molecular formula is C19H15NO4. The number of aryl methyl sites for hydroxylation is 1. The molecule has 120 valence electrons. The van der Waals surface area contributed by atoms with Crippen LogP contribution in [0.2, 0.25) is 0 Å². The van der Waals surface area contributed by atoms with Crippen LogP contribution in [0.1, 0.15) is 31.8 Å². The van der Waals surface area contributed by atoms with Gasteiger partial charge in [-0.15, -0.1) is 0 Å². The van der Waals surface area contributed by atoms with Gasteiger partial charge in [0.1, 0.15) is 6.61 Å². The quantitative estimate of drug-likeness (QED) is 0.726. The van der Waals surface area contributed by atoms with Crippen LogP contribution in [0.5, 0.6) is 5.88 Å². The number of hydrogen-bond acceptors (Lipinski definition) is 4. The average Bonchev–Trinajstić information content (AvgIpc) is 2.59. The molecule has 0 radical (unpaired) electrons. The van der Waals surface area contributed by atoms with Crippen LogP contribution in [0.25, 0.3) is 10.9 Å². The van der Waals surface area contributed by atoms with Crippen molar-refractivity contribution in [3.8, 4) is 5.88 Å². The van der Waals surface area contributed by atoms with Crippen LogP contribution in [-0.2, 0) is 6.61 Å². The summed E-state index contributed by atoms with van der Waals surface area (Å²) in [6.07, 6.45) is 0.685. The van der Waals surface area contributed by atoms with E-state index in [1.165, 1.54) is 6.07 Å². The molecule has 0 unspecified atom stereocenters. The first-order valence-electron chi connectivity index (χ1n) is 7.39. The highest BCUT2D eigenvalue weighted by Crippen LogP contribution is 2.23. The van der Waals surface area contributed by atoms with Crippen LogP contribution in [0.3, 0.4) is 0 Å². The Morgan fingerprint density at radius 1 is 1.21 bits per heavy atom. The molecule has 0 amide bonds. The molecule has 0 atom stereocenters. The number of hydrogen-bond donors (Lipinski definition) is 1. The smallest absolute Gasteiger partial charge is 0.336 e. The van der Waals surface area contributed by atoms with Crippen LogP contribution in [-0.4, -0.2) is 22.3 Å². The third kappa shape index (κ3) is 3.10. The van der Waals surface area contributed by atoms with E-state index in [9.17, 15) is 14.7 Å². The van der Waals surface area contributed by atoms with Gasteiger partial charge in [-0.2, -0.15) is 0 Å². The van der Waals surface area contributed by atoms with Gasteiger partial charge >= 0.3 is 5.97 Å². The number of aromatic carboxylic acids is 1. The number of rotatable bonds is 5. The molecule has 0 aliphatic heterocycles. The normalized spacial score (nSPS) is 10.5. The molecular weight excluding hydrogens is 306 g/mol. The largest absolute Gasteiger partial charge is 0.478 e. The maximum absolute atomic E-state index is 11.3. The van der Waals surface area contributed by atoms with Gasteiger partial charge in [-0.25, -0.2) is 9.78 Å². The molecule has 1 aromatic heterocycles. The summed E-state index contributed by atoms with van der Waals surface area (Å²) in [7, 11) is 0. The van der Waals surface area contributed by atoms with Gasteiger partial charge in [0, 0.05) is 10.9 Å².